The lowest BCUT2D eigenvalue weighted by molar-refractivity contribution is -0.138. The Hall–Kier alpha value is -1.36. The van der Waals surface area contributed by atoms with Crippen LogP contribution < -0.4 is 0 Å². The molecule has 0 spiro atoms. The summed E-state index contributed by atoms with van der Waals surface area (Å²) in [4.78, 5) is 13.4. The zero-order valence-corrected chi connectivity index (χ0v) is 11.3. The van der Waals surface area contributed by atoms with E-state index >= 15 is 0 Å². The summed E-state index contributed by atoms with van der Waals surface area (Å²) in [5, 5.41) is 13.4. The molecule has 0 aliphatic carbocycles. The van der Waals surface area contributed by atoms with Crippen molar-refractivity contribution in [1.29, 1.82) is 0 Å². The number of nitrogens with zero attached hydrogens (tertiary/aromatic N) is 3. The Labute approximate surface area is 113 Å². The molecule has 5 heteroatoms. The lowest BCUT2D eigenvalue weighted by Crippen LogP contribution is -2.42. The van der Waals surface area contributed by atoms with E-state index in [1.54, 1.807) is 0 Å². The van der Waals surface area contributed by atoms with Crippen molar-refractivity contribution in [2.75, 3.05) is 0 Å². The summed E-state index contributed by atoms with van der Waals surface area (Å²) >= 11 is 0. The number of aliphatic carboxylic acids is 1. The van der Waals surface area contributed by atoms with Gasteiger partial charge in [-0.25, -0.2) is 0 Å². The molecular formula is C14H21N3O2. The number of fused-ring (bicyclic) bond motifs is 2. The number of carbonyl (C=O) groups is 1. The van der Waals surface area contributed by atoms with E-state index in [1.165, 1.54) is 12.8 Å². The molecule has 1 N–H and O–H groups in total. The summed E-state index contributed by atoms with van der Waals surface area (Å²) in [5.41, 5.74) is 1.12. The molecule has 5 nitrogen and oxygen atoms in total. The average Bonchev–Trinajstić information content (AvgIpc) is 2.82. The molecule has 1 aromatic heterocycles. The van der Waals surface area contributed by atoms with Gasteiger partial charge in [0.15, 0.2) is 0 Å². The fraction of sp³-hybridized carbons (Fsp3) is 0.714. The van der Waals surface area contributed by atoms with Crippen molar-refractivity contribution in [2.45, 2.75) is 50.7 Å². The first-order chi connectivity index (χ1) is 9.11. The van der Waals surface area contributed by atoms with Crippen molar-refractivity contribution in [1.82, 2.24) is 14.7 Å². The predicted octanol–water partition coefficient (Wildman–Crippen LogP) is 1.64. The smallest absolute Gasteiger partial charge is 0.303 e. The summed E-state index contributed by atoms with van der Waals surface area (Å²) < 4.78 is 1.84. The molecule has 19 heavy (non-hydrogen) atoms. The lowest BCUT2D eigenvalue weighted by atomic mass is 9.88. The van der Waals surface area contributed by atoms with Crippen molar-refractivity contribution < 1.29 is 9.90 Å². The van der Waals surface area contributed by atoms with Gasteiger partial charge in [0.05, 0.1) is 5.69 Å². The van der Waals surface area contributed by atoms with Crippen molar-refractivity contribution in [3.63, 3.8) is 0 Å². The van der Waals surface area contributed by atoms with E-state index in [4.69, 9.17) is 5.11 Å². The normalized spacial score (nSPS) is 30.7. The Morgan fingerprint density at radius 2 is 2.11 bits per heavy atom. The molecule has 3 rings (SSSR count). The maximum atomic E-state index is 10.9. The molecule has 0 radical (unpaired) electrons. The van der Waals surface area contributed by atoms with Gasteiger partial charge in [-0.05, 0) is 37.7 Å². The Morgan fingerprint density at radius 1 is 1.42 bits per heavy atom. The summed E-state index contributed by atoms with van der Waals surface area (Å²) in [6, 6.07) is 3.19. The molecule has 2 saturated heterocycles. The second-order valence-electron chi connectivity index (χ2n) is 5.97. The van der Waals surface area contributed by atoms with Gasteiger partial charge in [0, 0.05) is 38.3 Å². The van der Waals surface area contributed by atoms with Crippen LogP contribution in [0.15, 0.2) is 12.3 Å². The number of rotatable bonds is 4. The van der Waals surface area contributed by atoms with Crippen LogP contribution in [0, 0.1) is 5.92 Å². The quantitative estimate of drug-likeness (QED) is 0.897. The van der Waals surface area contributed by atoms with Crippen molar-refractivity contribution >= 4 is 5.97 Å². The van der Waals surface area contributed by atoms with Crippen LogP contribution in [0.1, 0.15) is 37.8 Å². The van der Waals surface area contributed by atoms with Gasteiger partial charge in [-0.3, -0.25) is 14.4 Å². The van der Waals surface area contributed by atoms with E-state index in [0.717, 1.165) is 25.1 Å². The highest BCUT2D eigenvalue weighted by molar-refractivity contribution is 5.67. The predicted molar refractivity (Wildman–Crippen MR) is 70.5 cm³/mol. The Bertz CT molecular complexity index is 457. The molecule has 2 bridgehead atoms. The van der Waals surface area contributed by atoms with Gasteiger partial charge in [0.1, 0.15) is 0 Å². The number of aryl methyl sites for hydroxylation is 1. The summed E-state index contributed by atoms with van der Waals surface area (Å²) in [7, 11) is 1.94. The number of hydrogen-bond acceptors (Lipinski definition) is 3. The number of aromatic nitrogens is 2. The first-order valence-corrected chi connectivity index (χ1v) is 7.08. The highest BCUT2D eigenvalue weighted by atomic mass is 16.4. The van der Waals surface area contributed by atoms with E-state index in [-0.39, 0.29) is 0 Å². The number of carboxylic acids is 1. The third kappa shape index (κ3) is 2.66. The Balaban J connectivity index is 1.64. The SMILES string of the molecule is Cn1ccc(CN2C3CCC2CC(CC(=O)O)C3)n1. The average molecular weight is 263 g/mol. The topological polar surface area (TPSA) is 58.4 Å². The first kappa shape index (κ1) is 12.7. The minimum atomic E-state index is -0.650. The zero-order chi connectivity index (χ0) is 13.4. The largest absolute Gasteiger partial charge is 0.481 e. The fourth-order valence-corrected chi connectivity index (χ4v) is 3.79. The zero-order valence-electron chi connectivity index (χ0n) is 11.3. The van der Waals surface area contributed by atoms with Crippen molar-refractivity contribution in [3.8, 4) is 0 Å². The van der Waals surface area contributed by atoms with Gasteiger partial charge in [-0.15, -0.1) is 0 Å². The maximum absolute atomic E-state index is 10.9. The number of carboxylic acid groups (broad SMARTS) is 1. The molecule has 2 unspecified atom stereocenters. The van der Waals surface area contributed by atoms with Crippen LogP contribution in [0.25, 0.3) is 0 Å². The van der Waals surface area contributed by atoms with E-state index in [2.05, 4.69) is 16.1 Å². The van der Waals surface area contributed by atoms with Gasteiger partial charge in [-0.1, -0.05) is 0 Å². The Morgan fingerprint density at radius 3 is 2.63 bits per heavy atom. The summed E-state index contributed by atoms with van der Waals surface area (Å²) in [5.74, 6) is -0.280. The van der Waals surface area contributed by atoms with Gasteiger partial charge < -0.3 is 5.11 Å². The van der Waals surface area contributed by atoms with Gasteiger partial charge in [-0.2, -0.15) is 5.10 Å². The minimum Gasteiger partial charge on any atom is -0.481 e. The highest BCUT2D eigenvalue weighted by Crippen LogP contribution is 2.40. The van der Waals surface area contributed by atoms with E-state index in [9.17, 15) is 4.79 Å². The molecule has 2 fully saturated rings. The van der Waals surface area contributed by atoms with Crippen molar-refractivity contribution in [2.24, 2.45) is 13.0 Å². The monoisotopic (exact) mass is 263 g/mol. The fourth-order valence-electron chi connectivity index (χ4n) is 3.79. The Kier molecular flexibility index (Phi) is 3.31. The van der Waals surface area contributed by atoms with Crippen LogP contribution in [-0.4, -0.2) is 37.8 Å². The maximum Gasteiger partial charge on any atom is 0.303 e. The number of piperidine rings is 1. The first-order valence-electron chi connectivity index (χ1n) is 7.08. The molecule has 2 atom stereocenters. The highest BCUT2D eigenvalue weighted by Gasteiger charge is 2.41. The second-order valence-corrected chi connectivity index (χ2v) is 5.97. The van der Waals surface area contributed by atoms with Crippen LogP contribution >= 0.6 is 0 Å². The molecular weight excluding hydrogens is 242 g/mol. The molecule has 0 amide bonds. The van der Waals surface area contributed by atoms with Crippen LogP contribution in [0.4, 0.5) is 0 Å². The van der Waals surface area contributed by atoms with Crippen LogP contribution in [0.2, 0.25) is 0 Å². The number of hydrogen-bond donors (Lipinski definition) is 1. The molecule has 3 heterocycles. The molecule has 1 aromatic rings. The third-order valence-corrected chi connectivity index (χ3v) is 4.56. The summed E-state index contributed by atoms with van der Waals surface area (Å²) in [6.45, 7) is 0.913. The molecule has 2 aliphatic heterocycles. The molecule has 0 saturated carbocycles. The van der Waals surface area contributed by atoms with Crippen LogP contribution in [0.3, 0.4) is 0 Å². The summed E-state index contributed by atoms with van der Waals surface area (Å²) in [6.07, 6.45) is 6.82. The molecule has 0 aromatic carbocycles. The van der Waals surface area contributed by atoms with E-state index < -0.39 is 5.97 Å². The van der Waals surface area contributed by atoms with Crippen LogP contribution in [0.5, 0.6) is 0 Å². The minimum absolute atomic E-state index is 0.338. The van der Waals surface area contributed by atoms with E-state index in [0.29, 0.717) is 24.4 Å². The molecule has 104 valence electrons. The van der Waals surface area contributed by atoms with Gasteiger partial charge >= 0.3 is 5.97 Å². The van der Waals surface area contributed by atoms with Crippen molar-refractivity contribution in [3.05, 3.63) is 18.0 Å². The lowest BCUT2D eigenvalue weighted by Gasteiger charge is -2.38. The van der Waals surface area contributed by atoms with Crippen LogP contribution in [-0.2, 0) is 18.4 Å². The van der Waals surface area contributed by atoms with Gasteiger partial charge in [0.2, 0.25) is 0 Å². The molecule has 2 aliphatic rings. The standard InChI is InChI=1S/C14H21N3O2/c1-16-5-4-11(15-16)9-17-12-2-3-13(17)7-10(6-12)8-14(18)19/h4-5,10,12-13H,2-3,6-9H2,1H3,(H,18,19). The second kappa shape index (κ2) is 4.96. The van der Waals surface area contributed by atoms with Gasteiger partial charge in [0.25, 0.3) is 0 Å². The van der Waals surface area contributed by atoms with E-state index in [1.807, 2.05) is 17.9 Å². The third-order valence-electron chi connectivity index (χ3n) is 4.56.